The molecule has 0 amide bonds. The van der Waals surface area contributed by atoms with E-state index in [0.29, 0.717) is 43.8 Å². The molecule has 0 saturated carbocycles. The third-order valence-electron chi connectivity index (χ3n) is 4.28. The van der Waals surface area contributed by atoms with Gasteiger partial charge in [-0.25, -0.2) is 9.79 Å². The molecule has 24 heavy (non-hydrogen) atoms. The Hall–Kier alpha value is -2.34. The lowest BCUT2D eigenvalue weighted by Gasteiger charge is -2.20. The summed E-state index contributed by atoms with van der Waals surface area (Å²) in [5.41, 5.74) is 1.16. The number of benzene rings is 1. The molecule has 6 nitrogen and oxygen atoms in total. The molecule has 0 aromatic heterocycles. The number of hydrogen-bond acceptors (Lipinski definition) is 6. The molecule has 0 radical (unpaired) electrons. The van der Waals surface area contributed by atoms with Crippen molar-refractivity contribution in [2.45, 2.75) is 19.3 Å². The van der Waals surface area contributed by atoms with Crippen molar-refractivity contribution in [1.82, 2.24) is 0 Å². The number of ether oxygens (including phenoxy) is 4. The number of aliphatic imine (C=N–C) groups is 1. The van der Waals surface area contributed by atoms with Gasteiger partial charge in [0, 0.05) is 25.6 Å². The maximum atomic E-state index is 12.1. The molecule has 6 heteroatoms. The number of hydrogen-bond donors (Lipinski definition) is 0. The summed E-state index contributed by atoms with van der Waals surface area (Å²) in [6.45, 7) is 2.64. The second-order valence-corrected chi connectivity index (χ2v) is 6.01. The normalized spacial score (nSPS) is 22.9. The standard InChI is InChI=1S/C18H19NO5/c20-18-14(19-17(24-18)13-4-8-21-9-5-13)10-12-2-3-15-16(11-12)23-7-1-6-22-15/h2-3,10-11,13H,1,4-9H2/b14-10+. The molecule has 1 aromatic rings. The predicted molar refractivity (Wildman–Crippen MR) is 87.1 cm³/mol. The van der Waals surface area contributed by atoms with Crippen molar-refractivity contribution >= 4 is 17.9 Å². The van der Waals surface area contributed by atoms with Crippen LogP contribution in [0.4, 0.5) is 0 Å². The highest BCUT2D eigenvalue weighted by molar-refractivity contribution is 6.07. The van der Waals surface area contributed by atoms with Crippen molar-refractivity contribution in [3.8, 4) is 11.5 Å². The first-order chi connectivity index (χ1) is 11.8. The zero-order valence-electron chi connectivity index (χ0n) is 13.3. The zero-order chi connectivity index (χ0) is 16.4. The van der Waals surface area contributed by atoms with Crippen molar-refractivity contribution in [3.63, 3.8) is 0 Å². The van der Waals surface area contributed by atoms with E-state index in [9.17, 15) is 4.79 Å². The lowest BCUT2D eigenvalue weighted by molar-refractivity contribution is -0.130. The van der Waals surface area contributed by atoms with E-state index < -0.39 is 5.97 Å². The van der Waals surface area contributed by atoms with Crippen molar-refractivity contribution in [2.75, 3.05) is 26.4 Å². The minimum atomic E-state index is -0.399. The van der Waals surface area contributed by atoms with E-state index >= 15 is 0 Å². The Morgan fingerprint density at radius 3 is 2.67 bits per heavy atom. The van der Waals surface area contributed by atoms with Crippen LogP contribution in [-0.2, 0) is 14.3 Å². The van der Waals surface area contributed by atoms with Crippen LogP contribution in [0.3, 0.4) is 0 Å². The van der Waals surface area contributed by atoms with E-state index in [0.717, 1.165) is 30.6 Å². The molecule has 3 heterocycles. The number of fused-ring (bicyclic) bond motifs is 1. The van der Waals surface area contributed by atoms with Gasteiger partial charge < -0.3 is 18.9 Å². The molecule has 126 valence electrons. The maximum Gasteiger partial charge on any atom is 0.363 e. The number of carbonyl (C=O) groups excluding carboxylic acids is 1. The quantitative estimate of drug-likeness (QED) is 0.616. The van der Waals surface area contributed by atoms with Crippen LogP contribution in [0, 0.1) is 5.92 Å². The van der Waals surface area contributed by atoms with E-state index in [-0.39, 0.29) is 5.92 Å². The van der Waals surface area contributed by atoms with Crippen molar-refractivity contribution in [3.05, 3.63) is 29.5 Å². The Balaban J connectivity index is 1.57. The monoisotopic (exact) mass is 329 g/mol. The summed E-state index contributed by atoms with van der Waals surface area (Å²) in [7, 11) is 0. The summed E-state index contributed by atoms with van der Waals surface area (Å²) in [5, 5.41) is 0. The molecule has 0 spiro atoms. The van der Waals surface area contributed by atoms with Crippen LogP contribution in [0.1, 0.15) is 24.8 Å². The second kappa shape index (κ2) is 6.65. The van der Waals surface area contributed by atoms with E-state index in [4.69, 9.17) is 18.9 Å². The number of carbonyl (C=O) groups is 1. The first kappa shape index (κ1) is 15.2. The average Bonchev–Trinajstić information content (AvgIpc) is 2.83. The fraction of sp³-hybridized carbons (Fsp3) is 0.444. The van der Waals surface area contributed by atoms with Gasteiger partial charge in [-0.2, -0.15) is 0 Å². The van der Waals surface area contributed by atoms with Crippen LogP contribution < -0.4 is 9.47 Å². The Kier molecular flexibility index (Phi) is 4.21. The van der Waals surface area contributed by atoms with Gasteiger partial charge in [0.1, 0.15) is 0 Å². The first-order valence-corrected chi connectivity index (χ1v) is 8.29. The molecule has 0 atom stereocenters. The van der Waals surface area contributed by atoms with Crippen LogP contribution >= 0.6 is 0 Å². The molecular formula is C18H19NO5. The molecule has 3 aliphatic rings. The predicted octanol–water partition coefficient (Wildman–Crippen LogP) is 2.57. The third kappa shape index (κ3) is 3.14. The van der Waals surface area contributed by atoms with Gasteiger partial charge in [0.15, 0.2) is 17.2 Å². The van der Waals surface area contributed by atoms with Crippen LogP contribution in [-0.4, -0.2) is 38.3 Å². The summed E-state index contributed by atoms with van der Waals surface area (Å²) < 4.78 is 22.0. The second-order valence-electron chi connectivity index (χ2n) is 6.01. The molecular weight excluding hydrogens is 310 g/mol. The maximum absolute atomic E-state index is 12.1. The van der Waals surface area contributed by atoms with Crippen LogP contribution in [0.2, 0.25) is 0 Å². The van der Waals surface area contributed by atoms with E-state index in [1.54, 1.807) is 6.08 Å². The van der Waals surface area contributed by atoms with Crippen molar-refractivity contribution in [2.24, 2.45) is 10.9 Å². The molecule has 1 saturated heterocycles. The van der Waals surface area contributed by atoms with Crippen molar-refractivity contribution < 1.29 is 23.7 Å². The zero-order valence-corrected chi connectivity index (χ0v) is 13.3. The number of rotatable bonds is 2. The summed E-state index contributed by atoms with van der Waals surface area (Å²) in [6, 6.07) is 5.61. The van der Waals surface area contributed by atoms with E-state index in [2.05, 4.69) is 4.99 Å². The number of nitrogens with zero attached hydrogens (tertiary/aromatic N) is 1. The highest BCUT2D eigenvalue weighted by Gasteiger charge is 2.30. The molecule has 0 aliphatic carbocycles. The van der Waals surface area contributed by atoms with Gasteiger partial charge in [0.25, 0.3) is 0 Å². The highest BCUT2D eigenvalue weighted by atomic mass is 16.6. The summed E-state index contributed by atoms with van der Waals surface area (Å²) in [4.78, 5) is 16.5. The smallest absolute Gasteiger partial charge is 0.363 e. The van der Waals surface area contributed by atoms with Gasteiger partial charge in [0.05, 0.1) is 13.2 Å². The van der Waals surface area contributed by atoms with E-state index in [1.165, 1.54) is 0 Å². The fourth-order valence-electron chi connectivity index (χ4n) is 2.97. The molecule has 0 N–H and O–H groups in total. The van der Waals surface area contributed by atoms with Crippen LogP contribution in [0.25, 0.3) is 6.08 Å². The molecule has 1 aromatic carbocycles. The largest absolute Gasteiger partial charge is 0.490 e. The Morgan fingerprint density at radius 2 is 1.83 bits per heavy atom. The Labute approximate surface area is 140 Å². The number of cyclic esters (lactones) is 1. The molecule has 0 bridgehead atoms. The van der Waals surface area contributed by atoms with Gasteiger partial charge in [-0.15, -0.1) is 0 Å². The van der Waals surface area contributed by atoms with E-state index in [1.807, 2.05) is 18.2 Å². The molecule has 3 aliphatic heterocycles. The van der Waals surface area contributed by atoms with Crippen molar-refractivity contribution in [1.29, 1.82) is 0 Å². The fourth-order valence-corrected chi connectivity index (χ4v) is 2.97. The topological polar surface area (TPSA) is 66.4 Å². The van der Waals surface area contributed by atoms with Crippen LogP contribution in [0.15, 0.2) is 28.9 Å². The lowest BCUT2D eigenvalue weighted by Crippen LogP contribution is -2.24. The van der Waals surface area contributed by atoms with Crippen LogP contribution in [0.5, 0.6) is 11.5 Å². The minimum absolute atomic E-state index is 0.164. The lowest BCUT2D eigenvalue weighted by atomic mass is 10.0. The average molecular weight is 329 g/mol. The Bertz CT molecular complexity index is 703. The van der Waals surface area contributed by atoms with Gasteiger partial charge in [-0.1, -0.05) is 6.07 Å². The highest BCUT2D eigenvalue weighted by Crippen LogP contribution is 2.32. The van der Waals surface area contributed by atoms with Gasteiger partial charge in [-0.3, -0.25) is 0 Å². The van der Waals surface area contributed by atoms with Gasteiger partial charge in [0.2, 0.25) is 5.90 Å². The van der Waals surface area contributed by atoms with Gasteiger partial charge >= 0.3 is 5.97 Å². The molecule has 0 unspecified atom stereocenters. The summed E-state index contributed by atoms with van der Waals surface area (Å²) in [6.07, 6.45) is 4.26. The summed E-state index contributed by atoms with van der Waals surface area (Å²) in [5.74, 6) is 1.71. The Morgan fingerprint density at radius 1 is 1.04 bits per heavy atom. The summed E-state index contributed by atoms with van der Waals surface area (Å²) >= 11 is 0. The first-order valence-electron chi connectivity index (χ1n) is 8.29. The third-order valence-corrected chi connectivity index (χ3v) is 4.28. The molecule has 4 rings (SSSR count). The number of esters is 1. The molecule has 1 fully saturated rings. The SMILES string of the molecule is O=C1OC(C2CCOCC2)=N/C1=C/c1ccc2c(c1)OCCCO2. The minimum Gasteiger partial charge on any atom is -0.490 e. The van der Waals surface area contributed by atoms with Gasteiger partial charge in [-0.05, 0) is 36.6 Å².